The molecular formula is C17H27ClN4O2. The minimum atomic E-state index is -0.615. The number of hydrogen-bond donors (Lipinski definition) is 3. The zero-order valence-electron chi connectivity index (χ0n) is 14.7. The minimum absolute atomic E-state index is 0.0198. The maximum absolute atomic E-state index is 12.0. The molecule has 2 atom stereocenters. The fourth-order valence-electron chi connectivity index (χ4n) is 2.18. The van der Waals surface area contributed by atoms with Gasteiger partial charge in [0.1, 0.15) is 0 Å². The zero-order chi connectivity index (χ0) is 18.3. The van der Waals surface area contributed by atoms with E-state index in [2.05, 4.69) is 10.6 Å². The Morgan fingerprint density at radius 2 is 1.83 bits per heavy atom. The summed E-state index contributed by atoms with van der Waals surface area (Å²) in [5, 5.41) is 6.02. The molecular weight excluding hydrogens is 328 g/mol. The molecule has 0 fully saturated rings. The van der Waals surface area contributed by atoms with Crippen molar-refractivity contribution in [3.8, 4) is 0 Å². The van der Waals surface area contributed by atoms with Crippen LogP contribution in [0.25, 0.3) is 0 Å². The molecule has 0 saturated heterocycles. The monoisotopic (exact) mass is 354 g/mol. The average Bonchev–Trinajstić information content (AvgIpc) is 2.53. The van der Waals surface area contributed by atoms with Gasteiger partial charge in [-0.05, 0) is 31.6 Å². The third-order valence-corrected chi connectivity index (χ3v) is 4.17. The summed E-state index contributed by atoms with van der Waals surface area (Å²) < 4.78 is 0. The molecule has 0 aliphatic carbocycles. The number of carbonyl (C=O) groups excluding carboxylic acids is 2. The molecule has 2 amide bonds. The highest BCUT2D eigenvalue weighted by molar-refractivity contribution is 6.31. The quantitative estimate of drug-likeness (QED) is 0.653. The molecule has 0 spiro atoms. The van der Waals surface area contributed by atoms with E-state index in [0.717, 1.165) is 5.56 Å². The topological polar surface area (TPSA) is 87.5 Å². The Labute approximate surface area is 148 Å². The van der Waals surface area contributed by atoms with Crippen LogP contribution in [0.5, 0.6) is 0 Å². The minimum Gasteiger partial charge on any atom is -0.353 e. The largest absolute Gasteiger partial charge is 0.353 e. The van der Waals surface area contributed by atoms with Crippen molar-refractivity contribution in [3.05, 3.63) is 34.9 Å². The number of nitrogens with zero attached hydrogens (tertiary/aromatic N) is 1. The number of rotatable bonds is 8. The van der Waals surface area contributed by atoms with Crippen LogP contribution in [-0.2, 0) is 9.59 Å². The van der Waals surface area contributed by atoms with Crippen molar-refractivity contribution in [2.24, 2.45) is 11.7 Å². The third-order valence-electron chi connectivity index (χ3n) is 3.82. The SMILES string of the molecule is CC(C)[C@H](N)C(=O)NCC(=O)NCC(c1ccccc1Cl)N(C)C. The first kappa shape index (κ1) is 20.4. The van der Waals surface area contributed by atoms with E-state index >= 15 is 0 Å². The smallest absolute Gasteiger partial charge is 0.239 e. The molecule has 0 aromatic heterocycles. The summed E-state index contributed by atoms with van der Waals surface area (Å²) in [5.41, 5.74) is 6.68. The fraction of sp³-hybridized carbons (Fsp3) is 0.529. The van der Waals surface area contributed by atoms with E-state index in [1.54, 1.807) is 0 Å². The zero-order valence-corrected chi connectivity index (χ0v) is 15.4. The van der Waals surface area contributed by atoms with Crippen molar-refractivity contribution in [2.45, 2.75) is 25.9 Å². The van der Waals surface area contributed by atoms with Crippen molar-refractivity contribution in [2.75, 3.05) is 27.2 Å². The van der Waals surface area contributed by atoms with Crippen molar-refractivity contribution in [1.82, 2.24) is 15.5 Å². The summed E-state index contributed by atoms with van der Waals surface area (Å²) in [5.74, 6) is -0.569. The maximum Gasteiger partial charge on any atom is 0.239 e. The van der Waals surface area contributed by atoms with Crippen molar-refractivity contribution < 1.29 is 9.59 Å². The molecule has 0 radical (unpaired) electrons. The van der Waals surface area contributed by atoms with Gasteiger partial charge in [-0.3, -0.25) is 9.59 Å². The Balaban J connectivity index is 2.55. The van der Waals surface area contributed by atoms with Crippen LogP contribution in [0.3, 0.4) is 0 Å². The van der Waals surface area contributed by atoms with E-state index in [1.165, 1.54) is 0 Å². The van der Waals surface area contributed by atoms with Gasteiger partial charge >= 0.3 is 0 Å². The summed E-state index contributed by atoms with van der Waals surface area (Å²) in [4.78, 5) is 25.7. The summed E-state index contributed by atoms with van der Waals surface area (Å²) in [6.45, 7) is 4.01. The number of hydrogen-bond acceptors (Lipinski definition) is 4. The lowest BCUT2D eigenvalue weighted by molar-refractivity contribution is -0.127. The van der Waals surface area contributed by atoms with Gasteiger partial charge < -0.3 is 21.3 Å². The van der Waals surface area contributed by atoms with Crippen molar-refractivity contribution in [3.63, 3.8) is 0 Å². The molecule has 0 heterocycles. The second-order valence-corrected chi connectivity index (χ2v) is 6.70. The summed E-state index contributed by atoms with van der Waals surface area (Å²) in [7, 11) is 3.84. The van der Waals surface area contributed by atoms with E-state index < -0.39 is 6.04 Å². The van der Waals surface area contributed by atoms with Crippen LogP contribution >= 0.6 is 11.6 Å². The van der Waals surface area contributed by atoms with E-state index in [9.17, 15) is 9.59 Å². The van der Waals surface area contributed by atoms with E-state index in [1.807, 2.05) is 57.1 Å². The molecule has 0 saturated carbocycles. The summed E-state index contributed by atoms with van der Waals surface area (Å²) in [6.07, 6.45) is 0. The number of likely N-dealkylation sites (N-methyl/N-ethyl adjacent to an activating group) is 1. The Morgan fingerprint density at radius 3 is 2.38 bits per heavy atom. The van der Waals surface area contributed by atoms with Crippen LogP contribution in [0.15, 0.2) is 24.3 Å². The molecule has 1 aromatic rings. The van der Waals surface area contributed by atoms with Crippen molar-refractivity contribution >= 4 is 23.4 Å². The van der Waals surface area contributed by atoms with E-state index in [4.69, 9.17) is 17.3 Å². The van der Waals surface area contributed by atoms with E-state index in [0.29, 0.717) is 11.6 Å². The number of benzene rings is 1. The standard InChI is InChI=1S/C17H27ClN4O2/c1-11(2)16(19)17(24)21-10-15(23)20-9-14(22(3)4)12-7-5-6-8-13(12)18/h5-8,11,14,16H,9-10,19H2,1-4H3,(H,20,23)(H,21,24)/t14?,16-/m0/s1. The number of nitrogens with one attached hydrogen (secondary N) is 2. The first-order chi connectivity index (χ1) is 11.2. The van der Waals surface area contributed by atoms with Gasteiger partial charge in [0.05, 0.1) is 18.6 Å². The van der Waals surface area contributed by atoms with Crippen molar-refractivity contribution in [1.29, 1.82) is 0 Å². The second kappa shape index (κ2) is 9.61. The van der Waals surface area contributed by atoms with Crippen LogP contribution in [-0.4, -0.2) is 49.9 Å². The second-order valence-electron chi connectivity index (χ2n) is 6.29. The summed E-state index contributed by atoms with van der Waals surface area (Å²) in [6, 6.07) is 6.86. The molecule has 1 rings (SSSR count). The van der Waals surface area contributed by atoms with E-state index in [-0.39, 0.29) is 30.3 Å². The Hall–Kier alpha value is -1.63. The van der Waals surface area contributed by atoms with Crippen LogP contribution in [0.1, 0.15) is 25.5 Å². The van der Waals surface area contributed by atoms with Crippen LogP contribution in [0.4, 0.5) is 0 Å². The molecule has 24 heavy (non-hydrogen) atoms. The highest BCUT2D eigenvalue weighted by Crippen LogP contribution is 2.25. The Kier molecular flexibility index (Phi) is 8.18. The predicted octanol–water partition coefficient (Wildman–Crippen LogP) is 1.16. The molecule has 1 aromatic carbocycles. The van der Waals surface area contributed by atoms with Crippen LogP contribution in [0, 0.1) is 5.92 Å². The maximum atomic E-state index is 12.0. The molecule has 0 aliphatic heterocycles. The van der Waals surface area contributed by atoms with Gasteiger partial charge in [0, 0.05) is 11.6 Å². The summed E-state index contributed by atoms with van der Waals surface area (Å²) >= 11 is 6.24. The molecule has 6 nitrogen and oxygen atoms in total. The average molecular weight is 355 g/mol. The fourth-order valence-corrected chi connectivity index (χ4v) is 2.44. The number of amides is 2. The molecule has 134 valence electrons. The lowest BCUT2D eigenvalue weighted by atomic mass is 10.1. The van der Waals surface area contributed by atoms with Gasteiger partial charge in [-0.15, -0.1) is 0 Å². The predicted molar refractivity (Wildman–Crippen MR) is 96.7 cm³/mol. The van der Waals surface area contributed by atoms with Gasteiger partial charge in [0.25, 0.3) is 0 Å². The lowest BCUT2D eigenvalue weighted by Gasteiger charge is -2.26. The van der Waals surface area contributed by atoms with Gasteiger partial charge in [-0.25, -0.2) is 0 Å². The van der Waals surface area contributed by atoms with Gasteiger partial charge in [0.15, 0.2) is 0 Å². The Morgan fingerprint density at radius 1 is 1.21 bits per heavy atom. The first-order valence-electron chi connectivity index (χ1n) is 7.94. The number of carbonyl (C=O) groups is 2. The first-order valence-corrected chi connectivity index (χ1v) is 8.32. The highest BCUT2D eigenvalue weighted by atomic mass is 35.5. The molecule has 4 N–H and O–H groups in total. The normalized spacial score (nSPS) is 13.7. The molecule has 7 heteroatoms. The van der Waals surface area contributed by atoms with Crippen LogP contribution < -0.4 is 16.4 Å². The molecule has 0 aliphatic rings. The van der Waals surface area contributed by atoms with Gasteiger partial charge in [-0.2, -0.15) is 0 Å². The molecule has 0 bridgehead atoms. The number of nitrogens with two attached hydrogens (primary N) is 1. The highest BCUT2D eigenvalue weighted by Gasteiger charge is 2.19. The molecule has 1 unspecified atom stereocenters. The van der Waals surface area contributed by atoms with Gasteiger partial charge in [0.2, 0.25) is 11.8 Å². The van der Waals surface area contributed by atoms with Gasteiger partial charge in [-0.1, -0.05) is 43.6 Å². The third kappa shape index (κ3) is 6.11. The van der Waals surface area contributed by atoms with Crippen LogP contribution in [0.2, 0.25) is 5.02 Å². The number of halogens is 1. The lowest BCUT2D eigenvalue weighted by Crippen LogP contribution is -2.47. The Bertz CT molecular complexity index is 563.